The van der Waals surface area contributed by atoms with Crippen LogP contribution in [0.2, 0.25) is 0 Å². The molecule has 1 aliphatic carbocycles. The summed E-state index contributed by atoms with van der Waals surface area (Å²) >= 11 is 0. The van der Waals surface area contributed by atoms with E-state index in [1.165, 1.54) is 50.6 Å². The topological polar surface area (TPSA) is 24.1 Å². The van der Waals surface area contributed by atoms with Crippen LogP contribution < -0.4 is 10.6 Å². The zero-order chi connectivity index (χ0) is 14.7. The lowest BCUT2D eigenvalue weighted by Gasteiger charge is -2.34. The minimum absolute atomic E-state index is 0.156. The molecule has 1 saturated heterocycles. The fourth-order valence-electron chi connectivity index (χ4n) is 4.09. The van der Waals surface area contributed by atoms with Crippen molar-refractivity contribution in [2.45, 2.75) is 63.6 Å². The second kappa shape index (κ2) is 6.89. The van der Waals surface area contributed by atoms with E-state index in [-0.39, 0.29) is 5.82 Å². The number of nitrogens with one attached hydrogen (secondary N) is 2. The highest BCUT2D eigenvalue weighted by atomic mass is 19.1. The fourth-order valence-corrected chi connectivity index (χ4v) is 4.09. The lowest BCUT2D eigenvalue weighted by atomic mass is 9.88. The Kier molecular flexibility index (Phi) is 4.91. The number of benzene rings is 1. The molecule has 1 saturated carbocycles. The number of piperidine rings is 1. The van der Waals surface area contributed by atoms with Gasteiger partial charge in [0.05, 0.1) is 0 Å². The van der Waals surface area contributed by atoms with Gasteiger partial charge >= 0.3 is 0 Å². The van der Waals surface area contributed by atoms with E-state index in [4.69, 9.17) is 0 Å². The van der Waals surface area contributed by atoms with Crippen molar-refractivity contribution in [3.05, 3.63) is 35.6 Å². The summed E-state index contributed by atoms with van der Waals surface area (Å²) in [4.78, 5) is 0. The maximum absolute atomic E-state index is 13.0. The Morgan fingerprint density at radius 1 is 1.10 bits per heavy atom. The molecule has 3 rings (SSSR count). The predicted octanol–water partition coefficient (Wildman–Crippen LogP) is 3.79. The van der Waals surface area contributed by atoms with Gasteiger partial charge in [0.15, 0.2) is 0 Å². The summed E-state index contributed by atoms with van der Waals surface area (Å²) in [6.07, 6.45) is 7.96. The van der Waals surface area contributed by atoms with Crippen molar-refractivity contribution in [3.63, 3.8) is 0 Å². The first-order valence-electron chi connectivity index (χ1n) is 8.49. The average molecular weight is 290 g/mol. The van der Waals surface area contributed by atoms with Gasteiger partial charge in [0.25, 0.3) is 0 Å². The lowest BCUT2D eigenvalue weighted by Crippen LogP contribution is -2.47. The van der Waals surface area contributed by atoms with Crippen molar-refractivity contribution < 1.29 is 4.39 Å². The van der Waals surface area contributed by atoms with Crippen LogP contribution in [0.15, 0.2) is 24.3 Å². The molecule has 21 heavy (non-hydrogen) atoms. The van der Waals surface area contributed by atoms with Gasteiger partial charge in [0.1, 0.15) is 5.82 Å². The molecule has 0 aromatic heterocycles. The molecule has 0 radical (unpaired) electrons. The highest BCUT2D eigenvalue weighted by Gasteiger charge is 2.34. The molecule has 3 heteroatoms. The molecule has 2 aliphatic rings. The van der Waals surface area contributed by atoms with Gasteiger partial charge in [0, 0.05) is 18.1 Å². The summed E-state index contributed by atoms with van der Waals surface area (Å²) in [5, 5.41) is 7.52. The predicted molar refractivity (Wildman–Crippen MR) is 84.7 cm³/mol. The SMILES string of the molecule is CC(NC1CCCC1C1CCCCN1)c1ccc(F)cc1. The molecular formula is C18H27FN2. The highest BCUT2D eigenvalue weighted by molar-refractivity contribution is 5.19. The summed E-state index contributed by atoms with van der Waals surface area (Å²) in [7, 11) is 0. The maximum atomic E-state index is 13.0. The number of halogens is 1. The van der Waals surface area contributed by atoms with Gasteiger partial charge in [-0.3, -0.25) is 0 Å². The molecule has 2 nitrogen and oxygen atoms in total. The highest BCUT2D eigenvalue weighted by Crippen LogP contribution is 2.33. The molecule has 0 amide bonds. The van der Waals surface area contributed by atoms with Crippen molar-refractivity contribution in [1.82, 2.24) is 10.6 Å². The lowest BCUT2D eigenvalue weighted by molar-refractivity contribution is 0.248. The standard InChI is InChI=1S/C18H27FN2/c1-13(14-8-10-15(19)11-9-14)21-18-7-4-5-16(18)17-6-2-3-12-20-17/h8-11,13,16-18,20-21H,2-7,12H2,1H3. The third-order valence-electron chi connectivity index (χ3n) is 5.27. The third-order valence-corrected chi connectivity index (χ3v) is 5.27. The summed E-state index contributed by atoms with van der Waals surface area (Å²) < 4.78 is 13.0. The van der Waals surface area contributed by atoms with Crippen LogP contribution in [-0.4, -0.2) is 18.6 Å². The van der Waals surface area contributed by atoms with Gasteiger partial charge in [-0.1, -0.05) is 25.0 Å². The average Bonchev–Trinajstić information content (AvgIpc) is 2.97. The van der Waals surface area contributed by atoms with E-state index in [9.17, 15) is 4.39 Å². The van der Waals surface area contributed by atoms with E-state index < -0.39 is 0 Å². The van der Waals surface area contributed by atoms with Crippen LogP contribution in [0, 0.1) is 11.7 Å². The Morgan fingerprint density at radius 2 is 1.90 bits per heavy atom. The van der Waals surface area contributed by atoms with Crippen LogP contribution in [0.4, 0.5) is 4.39 Å². The first-order valence-corrected chi connectivity index (χ1v) is 8.49. The Balaban J connectivity index is 1.61. The van der Waals surface area contributed by atoms with Crippen LogP contribution in [0.3, 0.4) is 0 Å². The number of hydrogen-bond donors (Lipinski definition) is 2. The zero-order valence-corrected chi connectivity index (χ0v) is 12.9. The van der Waals surface area contributed by atoms with Gasteiger partial charge in [-0.05, 0) is 62.8 Å². The van der Waals surface area contributed by atoms with E-state index in [1.807, 2.05) is 12.1 Å². The van der Waals surface area contributed by atoms with E-state index in [0.717, 1.165) is 5.92 Å². The molecule has 2 fully saturated rings. The second-order valence-corrected chi connectivity index (χ2v) is 6.70. The number of rotatable bonds is 4. The Morgan fingerprint density at radius 3 is 2.62 bits per heavy atom. The Labute approximate surface area is 127 Å². The molecule has 1 aromatic rings. The van der Waals surface area contributed by atoms with Gasteiger partial charge in [-0.2, -0.15) is 0 Å². The summed E-state index contributed by atoms with van der Waals surface area (Å²) in [6, 6.07) is 8.50. The monoisotopic (exact) mass is 290 g/mol. The fraction of sp³-hybridized carbons (Fsp3) is 0.667. The Hall–Kier alpha value is -0.930. The van der Waals surface area contributed by atoms with Crippen molar-refractivity contribution in [3.8, 4) is 0 Å². The molecule has 0 bridgehead atoms. The van der Waals surface area contributed by atoms with Crippen LogP contribution in [0.1, 0.15) is 57.1 Å². The maximum Gasteiger partial charge on any atom is 0.123 e. The van der Waals surface area contributed by atoms with E-state index >= 15 is 0 Å². The van der Waals surface area contributed by atoms with Crippen LogP contribution in [-0.2, 0) is 0 Å². The molecule has 4 atom stereocenters. The first-order chi connectivity index (χ1) is 10.2. The smallest absolute Gasteiger partial charge is 0.123 e. The van der Waals surface area contributed by atoms with Crippen LogP contribution in [0.25, 0.3) is 0 Å². The van der Waals surface area contributed by atoms with Crippen LogP contribution in [0.5, 0.6) is 0 Å². The van der Waals surface area contributed by atoms with Crippen molar-refractivity contribution >= 4 is 0 Å². The Bertz CT molecular complexity index is 439. The van der Waals surface area contributed by atoms with Gasteiger partial charge in [-0.25, -0.2) is 4.39 Å². The molecule has 0 spiro atoms. The first kappa shape index (κ1) is 15.0. The third kappa shape index (κ3) is 3.64. The van der Waals surface area contributed by atoms with Gasteiger partial charge in [0.2, 0.25) is 0 Å². The molecule has 116 valence electrons. The molecule has 4 unspecified atom stereocenters. The van der Waals surface area contributed by atoms with E-state index in [1.54, 1.807) is 12.1 Å². The van der Waals surface area contributed by atoms with E-state index in [0.29, 0.717) is 18.1 Å². The molecule has 1 heterocycles. The van der Waals surface area contributed by atoms with Crippen molar-refractivity contribution in [2.75, 3.05) is 6.54 Å². The zero-order valence-electron chi connectivity index (χ0n) is 12.9. The molecule has 2 N–H and O–H groups in total. The summed E-state index contributed by atoms with van der Waals surface area (Å²) in [5.74, 6) is 0.601. The summed E-state index contributed by atoms with van der Waals surface area (Å²) in [6.45, 7) is 3.37. The quantitative estimate of drug-likeness (QED) is 0.881. The van der Waals surface area contributed by atoms with Crippen molar-refractivity contribution in [2.24, 2.45) is 5.92 Å². The van der Waals surface area contributed by atoms with Crippen molar-refractivity contribution in [1.29, 1.82) is 0 Å². The van der Waals surface area contributed by atoms with Gasteiger partial charge < -0.3 is 10.6 Å². The largest absolute Gasteiger partial charge is 0.314 e. The number of hydrogen-bond acceptors (Lipinski definition) is 2. The summed E-state index contributed by atoms with van der Waals surface area (Å²) in [5.41, 5.74) is 1.18. The normalized spacial score (nSPS) is 31.2. The molecular weight excluding hydrogens is 263 g/mol. The van der Waals surface area contributed by atoms with E-state index in [2.05, 4.69) is 17.6 Å². The van der Waals surface area contributed by atoms with Crippen LogP contribution >= 0.6 is 0 Å². The molecule has 1 aromatic carbocycles. The molecule has 1 aliphatic heterocycles. The second-order valence-electron chi connectivity index (χ2n) is 6.70. The minimum Gasteiger partial charge on any atom is -0.314 e. The minimum atomic E-state index is -0.156. The van der Waals surface area contributed by atoms with Gasteiger partial charge in [-0.15, -0.1) is 0 Å².